The Kier molecular flexibility index (Phi) is 5.43. The first-order valence-electron chi connectivity index (χ1n) is 7.40. The second-order valence-electron chi connectivity index (χ2n) is 5.55. The molecule has 1 atom stereocenters. The Balaban J connectivity index is 2.16. The lowest BCUT2D eigenvalue weighted by Gasteiger charge is -2.27. The van der Waals surface area contributed by atoms with Crippen LogP contribution >= 0.6 is 11.3 Å². The highest BCUT2D eigenvalue weighted by molar-refractivity contribution is 7.89. The van der Waals surface area contributed by atoms with Crippen LogP contribution in [0.5, 0.6) is 0 Å². The van der Waals surface area contributed by atoms with Gasteiger partial charge >= 0.3 is 0 Å². The van der Waals surface area contributed by atoms with E-state index in [2.05, 4.69) is 11.8 Å². The highest BCUT2D eigenvalue weighted by Crippen LogP contribution is 2.28. The molecule has 2 heterocycles. The predicted octanol–water partition coefficient (Wildman–Crippen LogP) is 1.62. The summed E-state index contributed by atoms with van der Waals surface area (Å²) in [6.45, 7) is 6.97. The Morgan fingerprint density at radius 3 is 2.81 bits per heavy atom. The number of rotatable bonds is 6. The van der Waals surface area contributed by atoms with E-state index in [9.17, 15) is 8.42 Å². The molecule has 0 amide bonds. The largest absolute Gasteiger partial charge is 0.326 e. The topological polar surface area (TPSA) is 66.6 Å². The molecule has 1 saturated heterocycles. The van der Waals surface area contributed by atoms with Gasteiger partial charge in [-0.05, 0) is 38.9 Å². The summed E-state index contributed by atoms with van der Waals surface area (Å²) in [5.41, 5.74) is 5.62. The van der Waals surface area contributed by atoms with Crippen LogP contribution < -0.4 is 5.73 Å². The molecule has 120 valence electrons. The van der Waals surface area contributed by atoms with Gasteiger partial charge in [0, 0.05) is 35.9 Å². The standard InChI is InChI=1S/C14H25N3O2S2/c1-4-17-7-5-6-12(17)10-16(3)21(18,19)14-8-13(9-15)20-11(14)2/h8,12H,4-7,9-10,15H2,1-3H3. The average Bonchev–Trinajstić information content (AvgIpc) is 3.04. The van der Waals surface area contributed by atoms with Crippen molar-refractivity contribution < 1.29 is 8.42 Å². The van der Waals surface area contributed by atoms with Gasteiger partial charge in [-0.3, -0.25) is 4.90 Å². The first kappa shape index (κ1) is 16.9. The summed E-state index contributed by atoms with van der Waals surface area (Å²) in [6, 6.07) is 2.06. The fourth-order valence-electron chi connectivity index (χ4n) is 2.96. The van der Waals surface area contributed by atoms with Crippen LogP contribution in [0.1, 0.15) is 29.5 Å². The van der Waals surface area contributed by atoms with Crippen molar-refractivity contribution in [2.75, 3.05) is 26.7 Å². The smallest absolute Gasteiger partial charge is 0.243 e. The minimum Gasteiger partial charge on any atom is -0.326 e. The molecule has 1 unspecified atom stereocenters. The van der Waals surface area contributed by atoms with E-state index >= 15 is 0 Å². The third-order valence-corrected chi connectivity index (χ3v) is 7.34. The van der Waals surface area contributed by atoms with Crippen LogP contribution in [0.4, 0.5) is 0 Å². The lowest BCUT2D eigenvalue weighted by molar-refractivity contribution is 0.237. The third kappa shape index (κ3) is 3.48. The molecular weight excluding hydrogens is 306 g/mol. The van der Waals surface area contributed by atoms with Crippen LogP contribution in [-0.4, -0.2) is 50.3 Å². The van der Waals surface area contributed by atoms with Crippen LogP contribution in [0.15, 0.2) is 11.0 Å². The SMILES string of the molecule is CCN1CCCC1CN(C)S(=O)(=O)c1cc(CN)sc1C. The van der Waals surface area contributed by atoms with E-state index in [1.807, 2.05) is 6.92 Å². The maximum Gasteiger partial charge on any atom is 0.243 e. The molecule has 21 heavy (non-hydrogen) atoms. The van der Waals surface area contributed by atoms with Gasteiger partial charge in [0.25, 0.3) is 0 Å². The monoisotopic (exact) mass is 331 g/mol. The molecule has 5 nitrogen and oxygen atoms in total. The molecule has 1 aromatic heterocycles. The maximum absolute atomic E-state index is 12.7. The van der Waals surface area contributed by atoms with Crippen LogP contribution in [-0.2, 0) is 16.6 Å². The molecule has 2 rings (SSSR count). The van der Waals surface area contributed by atoms with E-state index in [1.165, 1.54) is 15.6 Å². The summed E-state index contributed by atoms with van der Waals surface area (Å²) in [4.78, 5) is 4.51. The maximum atomic E-state index is 12.7. The number of hydrogen-bond acceptors (Lipinski definition) is 5. The zero-order chi connectivity index (χ0) is 15.6. The third-order valence-electron chi connectivity index (χ3n) is 4.19. The van der Waals surface area contributed by atoms with Crippen molar-refractivity contribution in [3.05, 3.63) is 15.8 Å². The van der Waals surface area contributed by atoms with E-state index in [-0.39, 0.29) is 0 Å². The lowest BCUT2D eigenvalue weighted by Crippen LogP contribution is -2.41. The molecule has 0 radical (unpaired) electrons. The molecule has 1 aliphatic rings. The second-order valence-corrected chi connectivity index (χ2v) is 8.90. The molecule has 1 fully saturated rings. The van der Waals surface area contributed by atoms with Gasteiger partial charge in [-0.2, -0.15) is 4.31 Å². The molecular formula is C14H25N3O2S2. The summed E-state index contributed by atoms with van der Waals surface area (Å²) in [5, 5.41) is 0. The molecule has 0 aromatic carbocycles. The number of thiophene rings is 1. The number of likely N-dealkylation sites (N-methyl/N-ethyl adjacent to an activating group) is 2. The Morgan fingerprint density at radius 1 is 1.52 bits per heavy atom. The number of aryl methyl sites for hydroxylation is 1. The highest BCUT2D eigenvalue weighted by Gasteiger charge is 2.30. The van der Waals surface area contributed by atoms with Gasteiger partial charge in [-0.25, -0.2) is 8.42 Å². The minimum absolute atomic E-state index is 0.336. The summed E-state index contributed by atoms with van der Waals surface area (Å²) >= 11 is 1.47. The lowest BCUT2D eigenvalue weighted by atomic mass is 10.2. The molecule has 0 bridgehead atoms. The number of sulfonamides is 1. The number of nitrogens with two attached hydrogens (primary N) is 1. The zero-order valence-electron chi connectivity index (χ0n) is 13.0. The zero-order valence-corrected chi connectivity index (χ0v) is 14.6. The molecule has 0 saturated carbocycles. The van der Waals surface area contributed by atoms with Gasteiger partial charge in [-0.1, -0.05) is 6.92 Å². The van der Waals surface area contributed by atoms with Gasteiger partial charge in [0.05, 0.1) is 4.90 Å². The second kappa shape index (κ2) is 6.75. The Labute approximate surface area is 131 Å². The van der Waals surface area contributed by atoms with Crippen molar-refractivity contribution >= 4 is 21.4 Å². The average molecular weight is 332 g/mol. The number of likely N-dealkylation sites (tertiary alicyclic amines) is 1. The van der Waals surface area contributed by atoms with E-state index < -0.39 is 10.0 Å². The van der Waals surface area contributed by atoms with E-state index in [1.54, 1.807) is 13.1 Å². The summed E-state index contributed by atoms with van der Waals surface area (Å²) in [7, 11) is -1.74. The van der Waals surface area contributed by atoms with Crippen LogP contribution in [0.2, 0.25) is 0 Å². The van der Waals surface area contributed by atoms with Crippen LogP contribution in [0, 0.1) is 6.92 Å². The van der Waals surface area contributed by atoms with Crippen molar-refractivity contribution in [1.29, 1.82) is 0 Å². The molecule has 0 aliphatic carbocycles. The van der Waals surface area contributed by atoms with Gasteiger partial charge < -0.3 is 5.73 Å². The van der Waals surface area contributed by atoms with Crippen molar-refractivity contribution in [2.24, 2.45) is 5.73 Å². The number of hydrogen-bond donors (Lipinski definition) is 1. The van der Waals surface area contributed by atoms with Crippen molar-refractivity contribution in [2.45, 2.75) is 44.2 Å². The van der Waals surface area contributed by atoms with Crippen molar-refractivity contribution in [1.82, 2.24) is 9.21 Å². The minimum atomic E-state index is -3.42. The van der Waals surface area contributed by atoms with Gasteiger partial charge in [0.2, 0.25) is 10.0 Å². The summed E-state index contributed by atoms with van der Waals surface area (Å²) in [5.74, 6) is 0. The molecule has 7 heteroatoms. The van der Waals surface area contributed by atoms with Gasteiger partial charge in [0.15, 0.2) is 0 Å². The van der Waals surface area contributed by atoms with Crippen molar-refractivity contribution in [3.63, 3.8) is 0 Å². The van der Waals surface area contributed by atoms with Crippen LogP contribution in [0.25, 0.3) is 0 Å². The fourth-order valence-corrected chi connectivity index (χ4v) is 5.65. The quantitative estimate of drug-likeness (QED) is 0.860. The molecule has 0 spiro atoms. The van der Waals surface area contributed by atoms with Crippen molar-refractivity contribution in [3.8, 4) is 0 Å². The van der Waals surface area contributed by atoms with E-state index in [0.717, 1.165) is 35.7 Å². The fraction of sp³-hybridized carbons (Fsp3) is 0.714. The predicted molar refractivity (Wildman–Crippen MR) is 87.0 cm³/mol. The van der Waals surface area contributed by atoms with Gasteiger partial charge in [-0.15, -0.1) is 11.3 Å². The Morgan fingerprint density at radius 2 is 2.24 bits per heavy atom. The Hall–Kier alpha value is -0.470. The first-order valence-corrected chi connectivity index (χ1v) is 9.65. The highest BCUT2D eigenvalue weighted by atomic mass is 32.2. The molecule has 1 aliphatic heterocycles. The normalized spacial score (nSPS) is 20.5. The molecule has 1 aromatic rings. The molecule has 2 N–H and O–H groups in total. The van der Waals surface area contributed by atoms with Gasteiger partial charge in [0.1, 0.15) is 0 Å². The van der Waals surface area contributed by atoms with E-state index in [4.69, 9.17) is 5.73 Å². The Bertz CT molecular complexity index is 583. The summed E-state index contributed by atoms with van der Waals surface area (Å²) < 4.78 is 27.0. The number of nitrogens with zero attached hydrogens (tertiary/aromatic N) is 2. The summed E-state index contributed by atoms with van der Waals surface area (Å²) in [6.07, 6.45) is 2.23. The first-order chi connectivity index (χ1) is 9.90. The van der Waals surface area contributed by atoms with Crippen LogP contribution in [0.3, 0.4) is 0 Å². The van der Waals surface area contributed by atoms with E-state index in [0.29, 0.717) is 24.0 Å².